The SMILES string of the molecule is N#CCC(=O)Nc1nc(-c2ccccc2)c(CN2CCOCC2)s1. The molecular formula is C17H18N4O2S. The van der Waals surface area contributed by atoms with Gasteiger partial charge in [-0.25, -0.2) is 4.98 Å². The molecule has 1 amide bonds. The molecule has 0 spiro atoms. The van der Waals surface area contributed by atoms with E-state index in [1.165, 1.54) is 11.3 Å². The van der Waals surface area contributed by atoms with E-state index >= 15 is 0 Å². The summed E-state index contributed by atoms with van der Waals surface area (Å²) in [5.74, 6) is -0.330. The van der Waals surface area contributed by atoms with Crippen LogP contribution in [0.1, 0.15) is 11.3 Å². The van der Waals surface area contributed by atoms with Crippen LogP contribution >= 0.6 is 11.3 Å². The van der Waals surface area contributed by atoms with Gasteiger partial charge in [0, 0.05) is 30.1 Å². The van der Waals surface area contributed by atoms with E-state index in [9.17, 15) is 4.79 Å². The van der Waals surface area contributed by atoms with Gasteiger partial charge in [-0.2, -0.15) is 5.26 Å². The van der Waals surface area contributed by atoms with Crippen molar-refractivity contribution in [2.24, 2.45) is 0 Å². The van der Waals surface area contributed by atoms with Gasteiger partial charge < -0.3 is 10.1 Å². The molecule has 6 nitrogen and oxygen atoms in total. The molecule has 2 aromatic rings. The Morgan fingerprint density at radius 3 is 2.79 bits per heavy atom. The predicted octanol–water partition coefficient (Wildman–Crippen LogP) is 2.49. The monoisotopic (exact) mass is 342 g/mol. The number of nitriles is 1. The number of hydrogen-bond donors (Lipinski definition) is 1. The van der Waals surface area contributed by atoms with Crippen LogP contribution in [0.2, 0.25) is 0 Å². The van der Waals surface area contributed by atoms with Crippen LogP contribution in [-0.4, -0.2) is 42.1 Å². The Labute approximate surface area is 144 Å². The molecule has 124 valence electrons. The van der Waals surface area contributed by atoms with E-state index in [1.807, 2.05) is 36.4 Å². The van der Waals surface area contributed by atoms with Crippen molar-refractivity contribution in [1.82, 2.24) is 9.88 Å². The first kappa shape index (κ1) is 16.6. The van der Waals surface area contributed by atoms with Crippen molar-refractivity contribution in [1.29, 1.82) is 5.26 Å². The van der Waals surface area contributed by atoms with Crippen LogP contribution < -0.4 is 5.32 Å². The third kappa shape index (κ3) is 4.17. The normalized spacial score (nSPS) is 15.0. The number of nitrogens with zero attached hydrogens (tertiary/aromatic N) is 3. The molecule has 0 aliphatic carbocycles. The third-order valence-corrected chi connectivity index (χ3v) is 4.66. The molecule has 0 atom stereocenters. The van der Waals surface area contributed by atoms with Gasteiger partial charge in [0.15, 0.2) is 5.13 Å². The van der Waals surface area contributed by atoms with Crippen LogP contribution in [0, 0.1) is 11.3 Å². The molecular weight excluding hydrogens is 324 g/mol. The number of rotatable bonds is 5. The first-order valence-electron chi connectivity index (χ1n) is 7.78. The average Bonchev–Trinajstić information content (AvgIpc) is 2.99. The van der Waals surface area contributed by atoms with E-state index in [0.717, 1.165) is 49.0 Å². The maximum Gasteiger partial charge on any atom is 0.240 e. The number of hydrogen-bond acceptors (Lipinski definition) is 6. The molecule has 1 aliphatic heterocycles. The number of benzene rings is 1. The highest BCUT2D eigenvalue weighted by atomic mass is 32.1. The summed E-state index contributed by atoms with van der Waals surface area (Å²) in [6.07, 6.45) is -0.168. The topological polar surface area (TPSA) is 78.2 Å². The highest BCUT2D eigenvalue weighted by Gasteiger charge is 2.18. The molecule has 3 rings (SSSR count). The van der Waals surface area contributed by atoms with Crippen molar-refractivity contribution in [2.75, 3.05) is 31.6 Å². The second kappa shape index (κ2) is 8.02. The largest absolute Gasteiger partial charge is 0.379 e. The molecule has 7 heteroatoms. The van der Waals surface area contributed by atoms with E-state index in [-0.39, 0.29) is 12.3 Å². The molecule has 0 unspecified atom stereocenters. The van der Waals surface area contributed by atoms with Crippen molar-refractivity contribution in [3.63, 3.8) is 0 Å². The molecule has 0 bridgehead atoms. The van der Waals surface area contributed by atoms with Crippen LogP contribution in [0.15, 0.2) is 30.3 Å². The summed E-state index contributed by atoms with van der Waals surface area (Å²) in [5, 5.41) is 11.9. The number of morpholine rings is 1. The lowest BCUT2D eigenvalue weighted by Gasteiger charge is -2.26. The van der Waals surface area contributed by atoms with Gasteiger partial charge in [-0.15, -0.1) is 0 Å². The van der Waals surface area contributed by atoms with E-state index in [0.29, 0.717) is 5.13 Å². The minimum Gasteiger partial charge on any atom is -0.379 e. The molecule has 1 aromatic carbocycles. The molecule has 1 saturated heterocycles. The molecule has 1 N–H and O–H groups in total. The van der Waals surface area contributed by atoms with E-state index in [4.69, 9.17) is 10.00 Å². The van der Waals surface area contributed by atoms with Crippen LogP contribution in [0.3, 0.4) is 0 Å². The van der Waals surface area contributed by atoms with Gasteiger partial charge in [0.2, 0.25) is 5.91 Å². The quantitative estimate of drug-likeness (QED) is 0.903. The zero-order chi connectivity index (χ0) is 16.8. The number of anilines is 1. The number of amides is 1. The van der Waals surface area contributed by atoms with Gasteiger partial charge in [-0.3, -0.25) is 9.69 Å². The summed E-state index contributed by atoms with van der Waals surface area (Å²) in [4.78, 5) is 19.7. The van der Waals surface area contributed by atoms with E-state index in [2.05, 4.69) is 15.2 Å². The fraction of sp³-hybridized carbons (Fsp3) is 0.353. The van der Waals surface area contributed by atoms with Gasteiger partial charge in [-0.05, 0) is 0 Å². The molecule has 2 heterocycles. The number of nitrogens with one attached hydrogen (secondary N) is 1. The zero-order valence-corrected chi connectivity index (χ0v) is 14.0. The van der Waals surface area contributed by atoms with Crippen molar-refractivity contribution in [3.8, 4) is 17.3 Å². The van der Waals surface area contributed by atoms with Gasteiger partial charge >= 0.3 is 0 Å². The van der Waals surface area contributed by atoms with E-state index < -0.39 is 0 Å². The number of aromatic nitrogens is 1. The van der Waals surface area contributed by atoms with Crippen molar-refractivity contribution < 1.29 is 9.53 Å². The number of ether oxygens (including phenoxy) is 1. The Balaban J connectivity index is 1.85. The van der Waals surface area contributed by atoms with Gasteiger partial charge in [0.25, 0.3) is 0 Å². The highest BCUT2D eigenvalue weighted by molar-refractivity contribution is 7.16. The Morgan fingerprint density at radius 2 is 2.08 bits per heavy atom. The second-order valence-corrected chi connectivity index (χ2v) is 6.51. The Bertz CT molecular complexity index is 733. The Hall–Kier alpha value is -2.27. The lowest BCUT2D eigenvalue weighted by Crippen LogP contribution is -2.35. The van der Waals surface area contributed by atoms with Gasteiger partial charge in [0.1, 0.15) is 6.42 Å². The Morgan fingerprint density at radius 1 is 1.33 bits per heavy atom. The summed E-state index contributed by atoms with van der Waals surface area (Å²) < 4.78 is 5.40. The molecule has 0 saturated carbocycles. The number of carbonyl (C=O) groups excluding carboxylic acids is 1. The number of thiazole rings is 1. The standard InChI is InChI=1S/C17H18N4O2S/c18-7-6-15(22)19-17-20-16(13-4-2-1-3-5-13)14(24-17)12-21-8-10-23-11-9-21/h1-5H,6,8-12H2,(H,19,20,22). The van der Waals surface area contributed by atoms with Crippen molar-refractivity contribution >= 4 is 22.4 Å². The fourth-order valence-electron chi connectivity index (χ4n) is 2.53. The summed E-state index contributed by atoms with van der Waals surface area (Å²) in [6, 6.07) is 11.8. The lowest BCUT2D eigenvalue weighted by molar-refractivity contribution is -0.115. The molecule has 1 aliphatic rings. The summed E-state index contributed by atoms with van der Waals surface area (Å²) in [7, 11) is 0. The van der Waals surface area contributed by atoms with Crippen LogP contribution in [0.25, 0.3) is 11.3 Å². The van der Waals surface area contributed by atoms with Gasteiger partial charge in [0.05, 0.1) is 25.0 Å². The highest BCUT2D eigenvalue weighted by Crippen LogP contribution is 2.32. The maximum absolute atomic E-state index is 11.7. The third-order valence-electron chi connectivity index (χ3n) is 3.70. The second-order valence-electron chi connectivity index (χ2n) is 5.43. The minimum atomic E-state index is -0.330. The summed E-state index contributed by atoms with van der Waals surface area (Å²) in [5.41, 5.74) is 1.91. The summed E-state index contributed by atoms with van der Waals surface area (Å²) in [6.45, 7) is 4.04. The molecule has 1 aromatic heterocycles. The van der Waals surface area contributed by atoms with Crippen LogP contribution in [0.5, 0.6) is 0 Å². The Kier molecular flexibility index (Phi) is 5.54. The lowest BCUT2D eigenvalue weighted by atomic mass is 10.1. The van der Waals surface area contributed by atoms with Gasteiger partial charge in [-0.1, -0.05) is 41.7 Å². The minimum absolute atomic E-state index is 0.168. The predicted molar refractivity (Wildman–Crippen MR) is 92.5 cm³/mol. The molecule has 1 fully saturated rings. The number of carbonyl (C=O) groups is 1. The summed E-state index contributed by atoms with van der Waals surface area (Å²) >= 11 is 1.47. The van der Waals surface area contributed by atoms with Crippen molar-refractivity contribution in [2.45, 2.75) is 13.0 Å². The first-order valence-corrected chi connectivity index (χ1v) is 8.60. The van der Waals surface area contributed by atoms with Crippen molar-refractivity contribution in [3.05, 3.63) is 35.2 Å². The maximum atomic E-state index is 11.7. The smallest absolute Gasteiger partial charge is 0.240 e. The van der Waals surface area contributed by atoms with Crippen LogP contribution in [0.4, 0.5) is 5.13 Å². The molecule has 0 radical (unpaired) electrons. The first-order chi connectivity index (χ1) is 11.8. The fourth-order valence-corrected chi connectivity index (χ4v) is 3.57. The van der Waals surface area contributed by atoms with Crippen LogP contribution in [-0.2, 0) is 16.1 Å². The zero-order valence-electron chi connectivity index (χ0n) is 13.2. The average molecular weight is 342 g/mol. The molecule has 24 heavy (non-hydrogen) atoms. The van der Waals surface area contributed by atoms with E-state index in [1.54, 1.807) is 0 Å².